The molecule has 1 saturated carbocycles. The van der Waals surface area contributed by atoms with Crippen LogP contribution in [0.25, 0.3) is 22.3 Å². The lowest BCUT2D eigenvalue weighted by Gasteiger charge is -2.33. The van der Waals surface area contributed by atoms with Crippen LogP contribution in [0, 0.1) is 40.9 Å². The molecule has 0 saturated heterocycles. The number of benzene rings is 3. The zero-order valence-corrected chi connectivity index (χ0v) is 21.7. The molecule has 1 fully saturated rings. The molecule has 0 radical (unpaired) electrons. The summed E-state index contributed by atoms with van der Waals surface area (Å²) in [7, 11) is 0. The predicted molar refractivity (Wildman–Crippen MR) is 134 cm³/mol. The second-order valence-corrected chi connectivity index (χ2v) is 9.92. The van der Waals surface area contributed by atoms with Crippen molar-refractivity contribution in [2.24, 2.45) is 11.8 Å². The lowest BCUT2D eigenvalue weighted by molar-refractivity contribution is -0.223. The molecule has 3 aromatic carbocycles. The van der Waals surface area contributed by atoms with Crippen LogP contribution in [0.1, 0.15) is 45.4 Å². The third-order valence-corrected chi connectivity index (χ3v) is 7.12. The fourth-order valence-electron chi connectivity index (χ4n) is 5.15. The van der Waals surface area contributed by atoms with Gasteiger partial charge in [0.25, 0.3) is 0 Å². The highest BCUT2D eigenvalue weighted by Gasteiger charge is 2.44. The Morgan fingerprint density at radius 3 is 1.93 bits per heavy atom. The van der Waals surface area contributed by atoms with Crippen LogP contribution in [0.4, 0.5) is 39.5 Å². The standard InChI is InChI=1S/C30H25F9O2/c1-2-3-16-4-6-19(7-5-16)30(38,39)41-20-8-9-21(22(31)14-20)17-10-23(32)28(24(33)11-17)18-12-25(34)29(26(35)13-18)40-15-27(36)37/h8-16,19H,2-7H2,1H3. The van der Waals surface area contributed by atoms with Gasteiger partial charge in [-0.25, -0.2) is 22.0 Å². The Morgan fingerprint density at radius 2 is 1.39 bits per heavy atom. The van der Waals surface area contributed by atoms with Crippen molar-refractivity contribution in [2.75, 3.05) is 0 Å². The average Bonchev–Trinajstić information content (AvgIpc) is 2.88. The van der Waals surface area contributed by atoms with E-state index in [9.17, 15) is 39.5 Å². The molecule has 0 aliphatic heterocycles. The highest BCUT2D eigenvalue weighted by atomic mass is 19.3. The molecule has 2 nitrogen and oxygen atoms in total. The molecular formula is C30H25F9O2. The highest BCUT2D eigenvalue weighted by Crippen LogP contribution is 2.42. The molecule has 1 aliphatic carbocycles. The zero-order valence-electron chi connectivity index (χ0n) is 21.7. The topological polar surface area (TPSA) is 18.5 Å². The van der Waals surface area contributed by atoms with Gasteiger partial charge in [-0.1, -0.05) is 19.8 Å². The van der Waals surface area contributed by atoms with Gasteiger partial charge in [-0.2, -0.15) is 17.6 Å². The zero-order chi connectivity index (χ0) is 29.9. The van der Waals surface area contributed by atoms with Crippen LogP contribution in [0.5, 0.6) is 11.5 Å². The van der Waals surface area contributed by atoms with E-state index in [1.165, 1.54) is 0 Å². The minimum absolute atomic E-state index is 0.207. The monoisotopic (exact) mass is 588 g/mol. The van der Waals surface area contributed by atoms with Gasteiger partial charge in [-0.3, -0.25) is 0 Å². The van der Waals surface area contributed by atoms with Gasteiger partial charge in [-0.05, 0) is 79.1 Å². The van der Waals surface area contributed by atoms with E-state index in [2.05, 4.69) is 4.74 Å². The Kier molecular flexibility index (Phi) is 9.24. The first-order valence-corrected chi connectivity index (χ1v) is 12.9. The van der Waals surface area contributed by atoms with Gasteiger partial charge in [0, 0.05) is 11.6 Å². The number of ether oxygens (including phenoxy) is 2. The highest BCUT2D eigenvalue weighted by molar-refractivity contribution is 5.73. The average molecular weight is 589 g/mol. The minimum atomic E-state index is -3.54. The number of alkyl halides is 2. The first-order chi connectivity index (χ1) is 19.4. The molecule has 0 amide bonds. The van der Waals surface area contributed by atoms with E-state index in [1.807, 2.05) is 6.92 Å². The first-order valence-electron chi connectivity index (χ1n) is 12.9. The van der Waals surface area contributed by atoms with E-state index in [1.54, 1.807) is 0 Å². The maximum absolute atomic E-state index is 14.9. The number of hydrogen-bond donors (Lipinski definition) is 0. The lowest BCUT2D eigenvalue weighted by atomic mass is 9.79. The summed E-state index contributed by atoms with van der Waals surface area (Å²) in [6.07, 6.45) is -2.28. The second kappa shape index (κ2) is 12.5. The third kappa shape index (κ3) is 7.00. The van der Waals surface area contributed by atoms with Gasteiger partial charge < -0.3 is 9.47 Å². The van der Waals surface area contributed by atoms with Gasteiger partial charge >= 0.3 is 12.2 Å². The lowest BCUT2D eigenvalue weighted by Crippen LogP contribution is -2.37. The Balaban J connectivity index is 1.54. The molecule has 41 heavy (non-hydrogen) atoms. The second-order valence-electron chi connectivity index (χ2n) is 9.92. The Hall–Kier alpha value is -3.63. The quantitative estimate of drug-likeness (QED) is 0.183. The molecule has 4 rings (SSSR count). The summed E-state index contributed by atoms with van der Waals surface area (Å²) in [4.78, 5) is 0. The Labute approximate surface area is 230 Å². The molecule has 0 heterocycles. The maximum Gasteiger partial charge on any atom is 0.400 e. The molecule has 1 aliphatic rings. The summed E-state index contributed by atoms with van der Waals surface area (Å²) in [5, 5.41) is 0. The number of hydrogen-bond acceptors (Lipinski definition) is 2. The predicted octanol–water partition coefficient (Wildman–Crippen LogP) is 10.4. The third-order valence-electron chi connectivity index (χ3n) is 7.12. The summed E-state index contributed by atoms with van der Waals surface area (Å²) in [6, 6.07) is 5.12. The largest absolute Gasteiger partial charge is 0.453 e. The van der Waals surface area contributed by atoms with Crippen LogP contribution in [-0.2, 0) is 0 Å². The molecule has 0 bridgehead atoms. The SMILES string of the molecule is CCCC1CCC(C(F)(F)Oc2ccc(-c3cc(F)c(-c4cc(F)c(OC=C(F)F)c(F)c4)c(F)c3)c(F)c2)CC1. The molecule has 0 spiro atoms. The van der Waals surface area contributed by atoms with E-state index in [-0.39, 0.29) is 30.2 Å². The minimum Gasteiger partial charge on any atom is -0.453 e. The molecular weight excluding hydrogens is 563 g/mol. The first kappa shape index (κ1) is 30.3. The molecule has 0 aromatic heterocycles. The van der Waals surface area contributed by atoms with Crippen molar-refractivity contribution in [3.8, 4) is 33.8 Å². The van der Waals surface area contributed by atoms with Crippen LogP contribution < -0.4 is 9.47 Å². The van der Waals surface area contributed by atoms with Crippen LogP contribution in [-0.4, -0.2) is 6.11 Å². The van der Waals surface area contributed by atoms with E-state index in [0.717, 1.165) is 25.0 Å². The fraction of sp³-hybridized carbons (Fsp3) is 0.333. The van der Waals surface area contributed by atoms with Crippen molar-refractivity contribution in [3.05, 3.63) is 83.9 Å². The van der Waals surface area contributed by atoms with Gasteiger partial charge in [-0.15, -0.1) is 0 Å². The molecule has 11 heteroatoms. The summed E-state index contributed by atoms with van der Waals surface area (Å²) in [5.41, 5.74) is -2.16. The summed E-state index contributed by atoms with van der Waals surface area (Å²) in [6.45, 7) is 2.04. The van der Waals surface area contributed by atoms with Crippen molar-refractivity contribution in [2.45, 2.75) is 51.6 Å². The van der Waals surface area contributed by atoms with Gasteiger partial charge in [0.05, 0.1) is 11.5 Å². The van der Waals surface area contributed by atoms with Crippen molar-refractivity contribution in [1.29, 1.82) is 0 Å². The van der Waals surface area contributed by atoms with E-state index in [0.29, 0.717) is 49.1 Å². The molecule has 0 N–H and O–H groups in total. The molecule has 0 unspecified atom stereocenters. The normalized spacial score (nSPS) is 17.3. The van der Waals surface area contributed by atoms with Crippen molar-refractivity contribution < 1.29 is 49.0 Å². The summed E-state index contributed by atoms with van der Waals surface area (Å²) in [5.74, 6) is -9.05. The maximum atomic E-state index is 14.9. The van der Waals surface area contributed by atoms with Crippen LogP contribution in [0.3, 0.4) is 0 Å². The molecule has 220 valence electrons. The van der Waals surface area contributed by atoms with Crippen molar-refractivity contribution in [3.63, 3.8) is 0 Å². The Morgan fingerprint density at radius 1 is 0.805 bits per heavy atom. The van der Waals surface area contributed by atoms with Gasteiger partial charge in [0.1, 0.15) is 23.2 Å². The van der Waals surface area contributed by atoms with Gasteiger partial charge in [0.2, 0.25) is 0 Å². The van der Waals surface area contributed by atoms with Crippen LogP contribution in [0.2, 0.25) is 0 Å². The van der Waals surface area contributed by atoms with Crippen molar-refractivity contribution in [1.82, 2.24) is 0 Å². The van der Waals surface area contributed by atoms with Gasteiger partial charge in [0.15, 0.2) is 23.6 Å². The van der Waals surface area contributed by atoms with Crippen LogP contribution in [0.15, 0.2) is 54.8 Å². The smallest absolute Gasteiger partial charge is 0.400 e. The Bertz CT molecular complexity index is 1380. The number of halogens is 9. The summed E-state index contributed by atoms with van der Waals surface area (Å²) >= 11 is 0. The fourth-order valence-corrected chi connectivity index (χ4v) is 5.15. The number of rotatable bonds is 9. The summed E-state index contributed by atoms with van der Waals surface area (Å²) < 4.78 is 136. The van der Waals surface area contributed by atoms with Crippen LogP contribution >= 0.6 is 0 Å². The van der Waals surface area contributed by atoms with E-state index in [4.69, 9.17) is 4.74 Å². The van der Waals surface area contributed by atoms with E-state index >= 15 is 0 Å². The van der Waals surface area contributed by atoms with E-state index < -0.39 is 69.8 Å². The molecule has 0 atom stereocenters. The molecule has 3 aromatic rings. The van der Waals surface area contributed by atoms with Crippen molar-refractivity contribution >= 4 is 0 Å².